The highest BCUT2D eigenvalue weighted by Gasteiger charge is 2.02. The maximum Gasteiger partial charge on any atom is 0.306 e. The third-order valence-electron chi connectivity index (χ3n) is 1.33. The zero-order chi connectivity index (χ0) is 13.0. The van der Waals surface area contributed by atoms with Gasteiger partial charge in [-0.15, -0.1) is 0 Å². The molecule has 0 saturated heterocycles. The normalized spacial score (nSPS) is 8.50. The third kappa shape index (κ3) is 18.4. The molecule has 0 aromatic rings. The smallest absolute Gasteiger partial charge is 0.306 e. The molecule has 0 N–H and O–H groups in total. The van der Waals surface area contributed by atoms with Crippen molar-refractivity contribution in [1.82, 2.24) is 0 Å². The largest absolute Gasteiger partial charge is 0.466 e. The first-order chi connectivity index (χ1) is 7.43. The number of hydrogen-bond acceptors (Lipinski definition) is 5. The molecule has 0 spiro atoms. The Hall–Kier alpha value is -1.39. The van der Waals surface area contributed by atoms with E-state index in [4.69, 9.17) is 0 Å². The quantitative estimate of drug-likeness (QED) is 0.671. The monoisotopic (exact) mass is 232 g/mol. The number of carbonyl (C=O) groups excluding carboxylic acids is 3. The minimum atomic E-state index is -0.294. The SMILES string of the molecule is CCOC(=O)CCC(C)=O.CCOC(C)=O. The van der Waals surface area contributed by atoms with Gasteiger partial charge >= 0.3 is 11.9 Å². The topological polar surface area (TPSA) is 69.7 Å². The van der Waals surface area contributed by atoms with E-state index in [2.05, 4.69) is 9.47 Å². The summed E-state index contributed by atoms with van der Waals surface area (Å²) in [7, 11) is 0. The van der Waals surface area contributed by atoms with E-state index in [1.54, 1.807) is 13.8 Å². The van der Waals surface area contributed by atoms with E-state index in [1.165, 1.54) is 13.8 Å². The van der Waals surface area contributed by atoms with Gasteiger partial charge in [0.1, 0.15) is 5.78 Å². The van der Waals surface area contributed by atoms with Crippen LogP contribution in [-0.2, 0) is 23.9 Å². The van der Waals surface area contributed by atoms with Gasteiger partial charge in [0.15, 0.2) is 0 Å². The van der Waals surface area contributed by atoms with Crippen LogP contribution in [0.3, 0.4) is 0 Å². The predicted octanol–water partition coefficient (Wildman–Crippen LogP) is 1.49. The zero-order valence-corrected chi connectivity index (χ0v) is 10.4. The second-order valence-corrected chi connectivity index (χ2v) is 2.93. The molecule has 5 heteroatoms. The van der Waals surface area contributed by atoms with Crippen molar-refractivity contribution in [2.24, 2.45) is 0 Å². The van der Waals surface area contributed by atoms with Crippen LogP contribution in [0.4, 0.5) is 0 Å². The Morgan fingerprint density at radius 2 is 1.38 bits per heavy atom. The van der Waals surface area contributed by atoms with Gasteiger partial charge in [-0.3, -0.25) is 9.59 Å². The summed E-state index contributed by atoms with van der Waals surface area (Å²) in [5.74, 6) is -0.483. The average Bonchev–Trinajstić information content (AvgIpc) is 2.16. The first kappa shape index (κ1) is 17.0. The van der Waals surface area contributed by atoms with Gasteiger partial charge in [-0.2, -0.15) is 0 Å². The van der Waals surface area contributed by atoms with Crippen molar-refractivity contribution in [2.45, 2.75) is 40.5 Å². The number of carbonyl (C=O) groups is 3. The summed E-state index contributed by atoms with van der Waals surface area (Å²) in [6.07, 6.45) is 0.502. The molecule has 0 saturated carbocycles. The van der Waals surface area contributed by atoms with E-state index in [1.807, 2.05) is 0 Å². The van der Waals surface area contributed by atoms with Crippen LogP contribution in [0.1, 0.15) is 40.5 Å². The molecule has 0 aromatic carbocycles. The number of hydrogen-bond donors (Lipinski definition) is 0. The highest BCUT2D eigenvalue weighted by atomic mass is 16.5. The van der Waals surface area contributed by atoms with Gasteiger partial charge in [-0.1, -0.05) is 0 Å². The summed E-state index contributed by atoms with van der Waals surface area (Å²) in [6.45, 7) is 7.24. The highest BCUT2D eigenvalue weighted by molar-refractivity contribution is 5.80. The van der Waals surface area contributed by atoms with Crippen LogP contribution in [0.2, 0.25) is 0 Å². The predicted molar refractivity (Wildman–Crippen MR) is 58.9 cm³/mol. The van der Waals surface area contributed by atoms with E-state index in [0.29, 0.717) is 19.6 Å². The molecule has 0 aliphatic heterocycles. The number of ketones is 1. The molecule has 0 radical (unpaired) electrons. The molecule has 0 heterocycles. The fourth-order valence-electron chi connectivity index (χ4n) is 0.715. The van der Waals surface area contributed by atoms with E-state index in [0.717, 1.165) is 0 Å². The zero-order valence-electron chi connectivity index (χ0n) is 10.4. The summed E-state index contributed by atoms with van der Waals surface area (Å²) >= 11 is 0. The molecule has 0 atom stereocenters. The Morgan fingerprint density at radius 1 is 0.875 bits per heavy atom. The Labute approximate surface area is 96.1 Å². The summed E-state index contributed by atoms with van der Waals surface area (Å²) in [5.41, 5.74) is 0. The summed E-state index contributed by atoms with van der Waals surface area (Å²) in [5, 5.41) is 0. The first-order valence-corrected chi connectivity index (χ1v) is 5.22. The minimum absolute atomic E-state index is 0.0213. The lowest BCUT2D eigenvalue weighted by Crippen LogP contribution is -2.05. The molecule has 0 amide bonds. The first-order valence-electron chi connectivity index (χ1n) is 5.22. The van der Waals surface area contributed by atoms with Crippen LogP contribution < -0.4 is 0 Å². The van der Waals surface area contributed by atoms with Crippen LogP contribution >= 0.6 is 0 Å². The fraction of sp³-hybridized carbons (Fsp3) is 0.727. The van der Waals surface area contributed by atoms with E-state index < -0.39 is 0 Å². The summed E-state index contributed by atoms with van der Waals surface area (Å²) < 4.78 is 9.00. The maximum absolute atomic E-state index is 10.6. The van der Waals surface area contributed by atoms with Gasteiger partial charge in [0, 0.05) is 13.3 Å². The summed E-state index contributed by atoms with van der Waals surface area (Å²) in [4.78, 5) is 30.7. The molecule has 0 fully saturated rings. The van der Waals surface area contributed by atoms with Gasteiger partial charge in [0.2, 0.25) is 0 Å². The maximum atomic E-state index is 10.6. The Bertz CT molecular complexity index is 222. The molecule has 0 unspecified atom stereocenters. The lowest BCUT2D eigenvalue weighted by atomic mass is 10.2. The summed E-state index contributed by atoms with van der Waals surface area (Å²) in [6, 6.07) is 0. The molecular weight excluding hydrogens is 212 g/mol. The number of ether oxygens (including phenoxy) is 2. The molecule has 0 aliphatic rings. The number of esters is 2. The standard InChI is InChI=1S/C7H12O3.C4H8O2/c1-3-10-7(9)5-4-6(2)8;1-3-6-4(2)5/h3-5H2,1-2H3;3H2,1-2H3. The van der Waals surface area contributed by atoms with Crippen molar-refractivity contribution >= 4 is 17.7 Å². The lowest BCUT2D eigenvalue weighted by Gasteiger charge is -1.97. The molecule has 0 aliphatic carbocycles. The second kappa shape index (κ2) is 11.7. The van der Waals surface area contributed by atoms with Crippen LogP contribution in [0, 0.1) is 0 Å². The van der Waals surface area contributed by atoms with Gasteiger partial charge in [-0.05, 0) is 20.8 Å². The van der Waals surface area contributed by atoms with Crippen molar-refractivity contribution in [3.05, 3.63) is 0 Å². The van der Waals surface area contributed by atoms with Gasteiger partial charge in [0.05, 0.1) is 19.6 Å². The molecule has 5 nitrogen and oxygen atoms in total. The second-order valence-electron chi connectivity index (χ2n) is 2.93. The minimum Gasteiger partial charge on any atom is -0.466 e. The van der Waals surface area contributed by atoms with Crippen molar-refractivity contribution < 1.29 is 23.9 Å². The molecule has 0 aromatic heterocycles. The van der Waals surface area contributed by atoms with Crippen LogP contribution in [-0.4, -0.2) is 30.9 Å². The van der Waals surface area contributed by atoms with E-state index >= 15 is 0 Å². The molecule has 94 valence electrons. The van der Waals surface area contributed by atoms with Crippen LogP contribution in [0.25, 0.3) is 0 Å². The van der Waals surface area contributed by atoms with Gasteiger partial charge < -0.3 is 14.3 Å². The van der Waals surface area contributed by atoms with Crippen molar-refractivity contribution in [3.8, 4) is 0 Å². The van der Waals surface area contributed by atoms with Gasteiger partial charge in [0.25, 0.3) is 0 Å². The molecule has 0 bridgehead atoms. The lowest BCUT2D eigenvalue weighted by molar-refractivity contribution is -0.144. The highest BCUT2D eigenvalue weighted by Crippen LogP contribution is 1.92. The fourth-order valence-corrected chi connectivity index (χ4v) is 0.715. The van der Waals surface area contributed by atoms with Crippen molar-refractivity contribution in [2.75, 3.05) is 13.2 Å². The van der Waals surface area contributed by atoms with Gasteiger partial charge in [-0.25, -0.2) is 0 Å². The number of rotatable bonds is 5. The molecule has 0 rings (SSSR count). The van der Waals surface area contributed by atoms with Crippen molar-refractivity contribution in [1.29, 1.82) is 0 Å². The van der Waals surface area contributed by atoms with Crippen LogP contribution in [0.5, 0.6) is 0 Å². The number of Topliss-reactive ketones (excluding diaryl/α,β-unsaturated/α-hetero) is 1. The average molecular weight is 232 g/mol. The van der Waals surface area contributed by atoms with Crippen LogP contribution in [0.15, 0.2) is 0 Å². The molecule has 16 heavy (non-hydrogen) atoms. The Kier molecular flexibility index (Phi) is 12.4. The third-order valence-corrected chi connectivity index (χ3v) is 1.33. The Balaban J connectivity index is 0. The van der Waals surface area contributed by atoms with E-state index in [-0.39, 0.29) is 24.1 Å². The Morgan fingerprint density at radius 3 is 1.62 bits per heavy atom. The van der Waals surface area contributed by atoms with Crippen molar-refractivity contribution in [3.63, 3.8) is 0 Å². The molecular formula is C11H20O5. The van der Waals surface area contributed by atoms with E-state index in [9.17, 15) is 14.4 Å².